The van der Waals surface area contributed by atoms with Crippen molar-refractivity contribution in [3.05, 3.63) is 69.0 Å². The molecule has 122 valence electrons. The second-order valence-corrected chi connectivity index (χ2v) is 7.37. The summed E-state index contributed by atoms with van der Waals surface area (Å²) in [4.78, 5) is 19.3. The summed E-state index contributed by atoms with van der Waals surface area (Å²) in [5.41, 5.74) is 3.13. The van der Waals surface area contributed by atoms with Crippen LogP contribution in [0.1, 0.15) is 18.1 Å². The van der Waals surface area contributed by atoms with Crippen LogP contribution < -0.4 is 0 Å². The van der Waals surface area contributed by atoms with Gasteiger partial charge in [-0.3, -0.25) is 9.69 Å². The van der Waals surface area contributed by atoms with Crippen molar-refractivity contribution < 1.29 is 4.79 Å². The van der Waals surface area contributed by atoms with E-state index in [1.165, 1.54) is 17.3 Å². The average molecular weight is 401 g/mol. The molecule has 0 spiro atoms. The fraction of sp³-hybridized carbons (Fsp3) is 0.158. The minimum atomic E-state index is -0.0214. The number of halogens is 1. The Morgan fingerprint density at radius 1 is 1.12 bits per heavy atom. The molecular weight excluding hydrogens is 384 g/mol. The van der Waals surface area contributed by atoms with E-state index < -0.39 is 0 Å². The lowest BCUT2D eigenvalue weighted by atomic mass is 10.2. The first kappa shape index (κ1) is 17.0. The van der Waals surface area contributed by atoms with Crippen LogP contribution in [-0.4, -0.2) is 23.0 Å². The van der Waals surface area contributed by atoms with Crippen molar-refractivity contribution >= 4 is 50.5 Å². The first-order valence-electron chi connectivity index (χ1n) is 7.67. The van der Waals surface area contributed by atoms with E-state index in [9.17, 15) is 4.79 Å². The predicted octanol–water partition coefficient (Wildman–Crippen LogP) is 5.25. The maximum atomic E-state index is 12.4. The Hall–Kier alpha value is -1.85. The number of carbonyl (C=O) groups excluding carboxylic acids is 1. The number of carbonyl (C=O) groups is 1. The van der Waals surface area contributed by atoms with Gasteiger partial charge in [-0.25, -0.2) is 4.99 Å². The number of likely N-dealkylation sites (N-methyl/N-ethyl adjacent to an activating group) is 1. The number of amides is 1. The summed E-state index contributed by atoms with van der Waals surface area (Å²) in [5.74, 6) is -0.0214. The van der Waals surface area contributed by atoms with Gasteiger partial charge in [0.05, 0.1) is 10.6 Å². The zero-order valence-electron chi connectivity index (χ0n) is 13.5. The fourth-order valence-electron chi connectivity index (χ4n) is 2.28. The van der Waals surface area contributed by atoms with E-state index in [0.29, 0.717) is 10.1 Å². The van der Waals surface area contributed by atoms with Crippen molar-refractivity contribution in [3.63, 3.8) is 0 Å². The minimum Gasteiger partial charge on any atom is -0.290 e. The summed E-state index contributed by atoms with van der Waals surface area (Å²) >= 11 is 4.82. The maximum Gasteiger partial charge on any atom is 0.266 e. The van der Waals surface area contributed by atoms with Gasteiger partial charge in [0.1, 0.15) is 0 Å². The van der Waals surface area contributed by atoms with Gasteiger partial charge in [0, 0.05) is 11.5 Å². The highest BCUT2D eigenvalue weighted by Crippen LogP contribution is 2.33. The lowest BCUT2D eigenvalue weighted by Gasteiger charge is -2.07. The fourth-order valence-corrected chi connectivity index (χ4v) is 3.53. The quantitative estimate of drug-likeness (QED) is 0.659. The number of rotatable bonds is 3. The molecule has 0 bridgehead atoms. The Balaban J connectivity index is 1.85. The first-order chi connectivity index (χ1) is 11.6. The van der Waals surface area contributed by atoms with E-state index in [2.05, 4.69) is 40.0 Å². The van der Waals surface area contributed by atoms with Crippen LogP contribution in [0.25, 0.3) is 6.08 Å². The number of amidine groups is 1. The Morgan fingerprint density at radius 3 is 2.42 bits per heavy atom. The molecule has 2 aromatic rings. The van der Waals surface area contributed by atoms with Crippen LogP contribution in [0.3, 0.4) is 0 Å². The van der Waals surface area contributed by atoms with Crippen molar-refractivity contribution in [2.45, 2.75) is 13.3 Å². The second-order valence-electron chi connectivity index (χ2n) is 5.44. The van der Waals surface area contributed by atoms with Crippen molar-refractivity contribution in [2.24, 2.45) is 4.99 Å². The Morgan fingerprint density at radius 2 is 1.79 bits per heavy atom. The number of aliphatic imine (C=N–C) groups is 1. The standard InChI is InChI=1S/C19H17BrN2OS/c1-3-13-6-10-16(11-7-13)21-19-22(2)18(23)17(24-19)12-14-4-8-15(20)9-5-14/h4-12H,3H2,1-2H3/b17-12+,21-19?. The van der Waals surface area contributed by atoms with Crippen molar-refractivity contribution in [2.75, 3.05) is 7.05 Å². The van der Waals surface area contributed by atoms with Gasteiger partial charge in [0.15, 0.2) is 5.17 Å². The molecule has 0 aromatic heterocycles. The molecule has 0 unspecified atom stereocenters. The lowest BCUT2D eigenvalue weighted by Crippen LogP contribution is -2.23. The van der Waals surface area contributed by atoms with E-state index in [1.54, 1.807) is 11.9 Å². The van der Waals surface area contributed by atoms with Crippen LogP contribution >= 0.6 is 27.7 Å². The third-order valence-corrected chi connectivity index (χ3v) is 5.33. The molecule has 1 saturated heterocycles. The Kier molecular flexibility index (Phi) is 5.21. The zero-order valence-corrected chi connectivity index (χ0v) is 15.9. The molecule has 1 fully saturated rings. The van der Waals surface area contributed by atoms with E-state index in [1.807, 2.05) is 42.5 Å². The maximum absolute atomic E-state index is 12.4. The van der Waals surface area contributed by atoms with E-state index in [0.717, 1.165) is 22.1 Å². The molecule has 0 N–H and O–H groups in total. The third kappa shape index (κ3) is 3.79. The molecule has 0 aliphatic carbocycles. The van der Waals surface area contributed by atoms with Gasteiger partial charge in [-0.05, 0) is 59.7 Å². The molecule has 1 heterocycles. The Bertz CT molecular complexity index is 810. The highest BCUT2D eigenvalue weighted by Gasteiger charge is 2.30. The van der Waals surface area contributed by atoms with E-state index >= 15 is 0 Å². The SMILES string of the molecule is CCc1ccc(N=C2S/C(=C/c3ccc(Br)cc3)C(=O)N2C)cc1. The molecule has 0 radical (unpaired) electrons. The largest absolute Gasteiger partial charge is 0.290 e. The summed E-state index contributed by atoms with van der Waals surface area (Å²) < 4.78 is 1.02. The van der Waals surface area contributed by atoms with Crippen molar-refractivity contribution in [1.82, 2.24) is 4.90 Å². The number of hydrogen-bond acceptors (Lipinski definition) is 3. The number of nitrogens with zero attached hydrogens (tertiary/aromatic N) is 2. The van der Waals surface area contributed by atoms with E-state index in [-0.39, 0.29) is 5.91 Å². The van der Waals surface area contributed by atoms with Gasteiger partial charge in [-0.15, -0.1) is 0 Å². The van der Waals surface area contributed by atoms with Crippen LogP contribution in [0.2, 0.25) is 0 Å². The Labute approximate surface area is 154 Å². The van der Waals surface area contributed by atoms with Gasteiger partial charge in [-0.2, -0.15) is 0 Å². The molecular formula is C19H17BrN2OS. The molecule has 3 nitrogen and oxygen atoms in total. The molecule has 0 atom stereocenters. The highest BCUT2D eigenvalue weighted by molar-refractivity contribution is 9.10. The summed E-state index contributed by atoms with van der Waals surface area (Å²) in [6.45, 7) is 2.12. The molecule has 3 rings (SSSR count). The van der Waals surface area contributed by atoms with Crippen LogP contribution in [0.4, 0.5) is 5.69 Å². The lowest BCUT2D eigenvalue weighted by molar-refractivity contribution is -0.121. The monoisotopic (exact) mass is 400 g/mol. The molecule has 5 heteroatoms. The molecule has 1 amide bonds. The van der Waals surface area contributed by atoms with Crippen molar-refractivity contribution in [1.29, 1.82) is 0 Å². The van der Waals surface area contributed by atoms with Gasteiger partial charge in [0.25, 0.3) is 5.91 Å². The van der Waals surface area contributed by atoms with E-state index in [4.69, 9.17) is 0 Å². The average Bonchev–Trinajstić information content (AvgIpc) is 2.86. The van der Waals surface area contributed by atoms with Gasteiger partial charge in [0.2, 0.25) is 0 Å². The van der Waals surface area contributed by atoms with Crippen LogP contribution in [0.5, 0.6) is 0 Å². The minimum absolute atomic E-state index is 0.0214. The first-order valence-corrected chi connectivity index (χ1v) is 9.28. The topological polar surface area (TPSA) is 32.7 Å². The van der Waals surface area contributed by atoms with Crippen LogP contribution in [-0.2, 0) is 11.2 Å². The van der Waals surface area contributed by atoms with Crippen LogP contribution in [0.15, 0.2) is 62.9 Å². The molecule has 1 aliphatic rings. The molecule has 24 heavy (non-hydrogen) atoms. The summed E-state index contributed by atoms with van der Waals surface area (Å²) in [5, 5.41) is 0.701. The summed E-state index contributed by atoms with van der Waals surface area (Å²) in [6.07, 6.45) is 2.91. The highest BCUT2D eigenvalue weighted by atomic mass is 79.9. The number of benzene rings is 2. The van der Waals surface area contributed by atoms with Crippen LogP contribution in [0, 0.1) is 0 Å². The molecule has 1 aliphatic heterocycles. The zero-order chi connectivity index (χ0) is 17.1. The predicted molar refractivity (Wildman–Crippen MR) is 105 cm³/mol. The van der Waals surface area contributed by atoms with Gasteiger partial charge in [-0.1, -0.05) is 47.1 Å². The molecule has 0 saturated carbocycles. The summed E-state index contributed by atoms with van der Waals surface area (Å²) in [6, 6.07) is 16.0. The second kappa shape index (κ2) is 7.36. The number of thioether (sulfide) groups is 1. The smallest absolute Gasteiger partial charge is 0.266 e. The van der Waals surface area contributed by atoms with Crippen molar-refractivity contribution in [3.8, 4) is 0 Å². The van der Waals surface area contributed by atoms with Gasteiger partial charge >= 0.3 is 0 Å². The normalized spacial score (nSPS) is 18.0. The third-order valence-electron chi connectivity index (χ3n) is 3.74. The number of hydrogen-bond donors (Lipinski definition) is 0. The summed E-state index contributed by atoms with van der Waals surface area (Å²) in [7, 11) is 1.76. The number of aryl methyl sites for hydroxylation is 1. The van der Waals surface area contributed by atoms with Gasteiger partial charge < -0.3 is 0 Å². The molecule has 2 aromatic carbocycles.